The van der Waals surface area contributed by atoms with Gasteiger partial charge in [-0.1, -0.05) is 0 Å². The van der Waals surface area contributed by atoms with E-state index in [0.717, 1.165) is 0 Å². The maximum Gasteiger partial charge on any atom is 0.150 e. The molecule has 0 fully saturated rings. The molecule has 0 aliphatic rings. The lowest BCUT2D eigenvalue weighted by Crippen LogP contribution is -2.39. The van der Waals surface area contributed by atoms with Crippen molar-refractivity contribution in [1.82, 2.24) is 0 Å². The predicted octanol–water partition coefficient (Wildman–Crippen LogP) is 2.13. The first-order valence-electron chi connectivity index (χ1n) is 6.13. The molecule has 0 aromatic heterocycles. The molecule has 0 saturated heterocycles. The van der Waals surface area contributed by atoms with Gasteiger partial charge in [0.15, 0.2) is 0 Å². The van der Waals surface area contributed by atoms with Gasteiger partial charge in [-0.2, -0.15) is 0 Å². The van der Waals surface area contributed by atoms with Crippen LogP contribution in [0.4, 0.5) is 10.1 Å². The molecular formula is C14H20FNO3. The first-order valence-corrected chi connectivity index (χ1v) is 6.13. The standard InChI is InChI=1S/C14H20FNO3/c1-11(10-19-3)16(6-7-18-2)14-5-4-12(9-17)8-13(14)15/h4-5,8-9,11H,6-7,10H2,1-3H3. The first-order chi connectivity index (χ1) is 9.13. The molecular weight excluding hydrogens is 249 g/mol. The summed E-state index contributed by atoms with van der Waals surface area (Å²) in [7, 11) is 3.21. The molecule has 0 heterocycles. The summed E-state index contributed by atoms with van der Waals surface area (Å²) in [6, 6.07) is 4.46. The number of halogens is 1. The van der Waals surface area contributed by atoms with Gasteiger partial charge in [0.05, 0.1) is 18.9 Å². The Bertz CT molecular complexity index is 412. The predicted molar refractivity (Wildman–Crippen MR) is 72.3 cm³/mol. The van der Waals surface area contributed by atoms with Crippen LogP contribution in [0.3, 0.4) is 0 Å². The smallest absolute Gasteiger partial charge is 0.150 e. The second-order valence-corrected chi connectivity index (χ2v) is 4.32. The van der Waals surface area contributed by atoms with E-state index in [1.807, 2.05) is 11.8 Å². The number of hydrogen-bond acceptors (Lipinski definition) is 4. The number of rotatable bonds is 8. The summed E-state index contributed by atoms with van der Waals surface area (Å²) >= 11 is 0. The lowest BCUT2D eigenvalue weighted by Gasteiger charge is -2.31. The van der Waals surface area contributed by atoms with Gasteiger partial charge >= 0.3 is 0 Å². The van der Waals surface area contributed by atoms with Crippen molar-refractivity contribution in [3.8, 4) is 0 Å². The molecule has 5 heteroatoms. The van der Waals surface area contributed by atoms with Crippen molar-refractivity contribution >= 4 is 12.0 Å². The molecule has 1 aromatic carbocycles. The average Bonchev–Trinajstić information content (AvgIpc) is 2.40. The summed E-state index contributed by atoms with van der Waals surface area (Å²) in [4.78, 5) is 12.5. The normalized spacial score (nSPS) is 12.2. The van der Waals surface area contributed by atoms with E-state index in [1.54, 1.807) is 26.4 Å². The SMILES string of the molecule is COCCN(c1ccc(C=O)cc1F)C(C)COC. The lowest BCUT2D eigenvalue weighted by molar-refractivity contribution is 0.112. The van der Waals surface area contributed by atoms with E-state index in [9.17, 15) is 9.18 Å². The van der Waals surface area contributed by atoms with Gasteiger partial charge in [-0.25, -0.2) is 4.39 Å². The zero-order valence-electron chi connectivity index (χ0n) is 11.6. The molecule has 0 saturated carbocycles. The minimum Gasteiger partial charge on any atom is -0.383 e. The van der Waals surface area contributed by atoms with Gasteiger partial charge in [0.1, 0.15) is 12.1 Å². The fourth-order valence-corrected chi connectivity index (χ4v) is 1.93. The molecule has 1 rings (SSSR count). The number of benzene rings is 1. The third kappa shape index (κ3) is 4.29. The molecule has 4 nitrogen and oxygen atoms in total. The van der Waals surface area contributed by atoms with E-state index in [2.05, 4.69) is 0 Å². The van der Waals surface area contributed by atoms with Gasteiger partial charge in [-0.15, -0.1) is 0 Å². The lowest BCUT2D eigenvalue weighted by atomic mass is 10.1. The Labute approximate surface area is 113 Å². The maximum absolute atomic E-state index is 14.0. The molecule has 19 heavy (non-hydrogen) atoms. The molecule has 0 N–H and O–H groups in total. The largest absolute Gasteiger partial charge is 0.383 e. The van der Waals surface area contributed by atoms with Crippen molar-refractivity contribution < 1.29 is 18.7 Å². The van der Waals surface area contributed by atoms with Crippen LogP contribution in [0.1, 0.15) is 17.3 Å². The monoisotopic (exact) mass is 269 g/mol. The summed E-state index contributed by atoms with van der Waals surface area (Å²) in [5.74, 6) is -0.413. The Morgan fingerprint density at radius 1 is 1.37 bits per heavy atom. The highest BCUT2D eigenvalue weighted by molar-refractivity contribution is 5.76. The molecule has 1 atom stereocenters. The molecule has 0 amide bonds. The summed E-state index contributed by atoms with van der Waals surface area (Å²) in [6.45, 7) is 3.48. The van der Waals surface area contributed by atoms with Crippen LogP contribution in [0.2, 0.25) is 0 Å². The van der Waals surface area contributed by atoms with Crippen LogP contribution in [-0.2, 0) is 9.47 Å². The van der Waals surface area contributed by atoms with E-state index in [-0.39, 0.29) is 6.04 Å². The van der Waals surface area contributed by atoms with Gasteiger partial charge < -0.3 is 14.4 Å². The molecule has 0 spiro atoms. The van der Waals surface area contributed by atoms with Gasteiger partial charge in [0, 0.05) is 32.4 Å². The number of carbonyl (C=O) groups excluding carboxylic acids is 1. The topological polar surface area (TPSA) is 38.8 Å². The quantitative estimate of drug-likeness (QED) is 0.678. The number of ether oxygens (including phenoxy) is 2. The zero-order chi connectivity index (χ0) is 14.3. The van der Waals surface area contributed by atoms with Gasteiger partial charge in [0.2, 0.25) is 0 Å². The second kappa shape index (κ2) is 7.86. The van der Waals surface area contributed by atoms with E-state index in [0.29, 0.717) is 37.3 Å². The number of methoxy groups -OCH3 is 2. The number of nitrogens with zero attached hydrogens (tertiary/aromatic N) is 1. The summed E-state index contributed by atoms with van der Waals surface area (Å²) < 4.78 is 24.2. The van der Waals surface area contributed by atoms with E-state index < -0.39 is 5.82 Å². The fraction of sp³-hybridized carbons (Fsp3) is 0.500. The average molecular weight is 269 g/mol. The number of aldehydes is 1. The van der Waals surface area contributed by atoms with E-state index in [1.165, 1.54) is 6.07 Å². The first kappa shape index (κ1) is 15.6. The van der Waals surface area contributed by atoms with Gasteiger partial charge in [-0.05, 0) is 25.1 Å². The maximum atomic E-state index is 14.0. The highest BCUT2D eigenvalue weighted by Gasteiger charge is 2.18. The van der Waals surface area contributed by atoms with Gasteiger partial charge in [0.25, 0.3) is 0 Å². The Morgan fingerprint density at radius 3 is 2.63 bits per heavy atom. The Kier molecular flexibility index (Phi) is 6.45. The molecule has 1 unspecified atom stereocenters. The minimum atomic E-state index is -0.413. The molecule has 106 valence electrons. The number of hydrogen-bond donors (Lipinski definition) is 0. The Morgan fingerprint density at radius 2 is 2.11 bits per heavy atom. The van der Waals surface area contributed by atoms with Crippen LogP contribution < -0.4 is 4.90 Å². The van der Waals surface area contributed by atoms with Crippen molar-refractivity contribution in [2.45, 2.75) is 13.0 Å². The molecule has 0 bridgehead atoms. The van der Waals surface area contributed by atoms with Crippen LogP contribution in [0.5, 0.6) is 0 Å². The van der Waals surface area contributed by atoms with Crippen LogP contribution in [-0.4, -0.2) is 46.3 Å². The molecule has 1 aromatic rings. The van der Waals surface area contributed by atoms with E-state index >= 15 is 0 Å². The van der Waals surface area contributed by atoms with Crippen LogP contribution in [0, 0.1) is 5.82 Å². The van der Waals surface area contributed by atoms with Crippen LogP contribution >= 0.6 is 0 Å². The van der Waals surface area contributed by atoms with Crippen molar-refractivity contribution in [3.63, 3.8) is 0 Å². The van der Waals surface area contributed by atoms with Crippen molar-refractivity contribution in [1.29, 1.82) is 0 Å². The summed E-state index contributed by atoms with van der Waals surface area (Å²) in [5.41, 5.74) is 0.777. The zero-order valence-corrected chi connectivity index (χ0v) is 11.6. The van der Waals surface area contributed by atoms with Crippen LogP contribution in [0.25, 0.3) is 0 Å². The third-order valence-electron chi connectivity index (χ3n) is 2.89. The number of anilines is 1. The van der Waals surface area contributed by atoms with Crippen molar-refractivity contribution in [2.24, 2.45) is 0 Å². The third-order valence-corrected chi connectivity index (χ3v) is 2.89. The van der Waals surface area contributed by atoms with Crippen molar-refractivity contribution in [2.75, 3.05) is 38.9 Å². The second-order valence-electron chi connectivity index (χ2n) is 4.32. The molecule has 0 radical (unpaired) electrons. The minimum absolute atomic E-state index is 0.0109. The Balaban J connectivity index is 2.98. The fourth-order valence-electron chi connectivity index (χ4n) is 1.93. The molecule has 0 aliphatic carbocycles. The Hall–Kier alpha value is -1.46. The molecule has 0 aliphatic heterocycles. The highest BCUT2D eigenvalue weighted by Crippen LogP contribution is 2.22. The number of carbonyl (C=O) groups is 1. The summed E-state index contributed by atoms with van der Waals surface area (Å²) in [5, 5.41) is 0. The van der Waals surface area contributed by atoms with E-state index in [4.69, 9.17) is 9.47 Å². The van der Waals surface area contributed by atoms with Crippen molar-refractivity contribution in [3.05, 3.63) is 29.6 Å². The van der Waals surface area contributed by atoms with Crippen LogP contribution in [0.15, 0.2) is 18.2 Å². The summed E-state index contributed by atoms with van der Waals surface area (Å²) in [6.07, 6.45) is 0.630. The van der Waals surface area contributed by atoms with Gasteiger partial charge in [-0.3, -0.25) is 4.79 Å². The highest BCUT2D eigenvalue weighted by atomic mass is 19.1.